The van der Waals surface area contributed by atoms with Crippen LogP contribution in [0.4, 0.5) is 5.69 Å². The molecule has 5 fully saturated rings. The van der Waals surface area contributed by atoms with Crippen molar-refractivity contribution in [1.29, 1.82) is 0 Å². The van der Waals surface area contributed by atoms with Gasteiger partial charge in [-0.05, 0) is 96.4 Å². The largest absolute Gasteiger partial charge is 0.494 e. The summed E-state index contributed by atoms with van der Waals surface area (Å²) < 4.78 is 18.6. The van der Waals surface area contributed by atoms with Crippen molar-refractivity contribution >= 4 is 24.2 Å². The first kappa shape index (κ1) is 23.7. The van der Waals surface area contributed by atoms with E-state index in [0.717, 1.165) is 63.1 Å². The van der Waals surface area contributed by atoms with Gasteiger partial charge in [-0.2, -0.15) is 0 Å². The molecule has 36 heavy (non-hydrogen) atoms. The van der Waals surface area contributed by atoms with Crippen LogP contribution in [-0.4, -0.2) is 79.6 Å². The lowest BCUT2D eigenvalue weighted by molar-refractivity contribution is -0.125. The van der Waals surface area contributed by atoms with Gasteiger partial charge in [0.1, 0.15) is 0 Å². The van der Waals surface area contributed by atoms with Gasteiger partial charge in [0.2, 0.25) is 5.91 Å². The molecule has 5 aliphatic heterocycles. The smallest absolute Gasteiger partial charge is 0.399 e. The molecule has 1 saturated carbocycles. The molecular weight excluding hydrogens is 453 g/mol. The molecule has 7 nitrogen and oxygen atoms in total. The molecule has 0 aromatic heterocycles. The molecule has 8 heteroatoms. The van der Waals surface area contributed by atoms with Crippen LogP contribution >= 0.6 is 0 Å². The predicted octanol–water partition coefficient (Wildman–Crippen LogP) is 2.35. The number of nitrogens with zero attached hydrogens (tertiary/aromatic N) is 2. The van der Waals surface area contributed by atoms with E-state index < -0.39 is 12.5 Å². The van der Waals surface area contributed by atoms with E-state index in [2.05, 4.69) is 61.0 Å². The molecule has 1 amide bonds. The van der Waals surface area contributed by atoms with Gasteiger partial charge in [0, 0.05) is 29.9 Å². The fraction of sp³-hybridized carbons (Fsp3) is 0.750. The molecule has 194 valence electrons. The normalized spacial score (nSPS) is 36.4. The lowest BCUT2D eigenvalue weighted by atomic mass is 9.72. The van der Waals surface area contributed by atoms with E-state index in [4.69, 9.17) is 14.0 Å². The van der Waals surface area contributed by atoms with Crippen molar-refractivity contribution in [2.24, 2.45) is 0 Å². The number of amides is 1. The number of anilines is 1. The summed E-state index contributed by atoms with van der Waals surface area (Å²) >= 11 is 0. The molecule has 7 rings (SSSR count). The van der Waals surface area contributed by atoms with Crippen LogP contribution in [0.5, 0.6) is 0 Å². The van der Waals surface area contributed by atoms with E-state index in [-0.39, 0.29) is 17.2 Å². The zero-order valence-corrected chi connectivity index (χ0v) is 22.2. The van der Waals surface area contributed by atoms with E-state index in [1.165, 1.54) is 18.4 Å². The number of morpholine rings is 1. The highest BCUT2D eigenvalue weighted by atomic mass is 16.7. The third kappa shape index (κ3) is 3.27. The van der Waals surface area contributed by atoms with Gasteiger partial charge in [-0.25, -0.2) is 0 Å². The maximum Gasteiger partial charge on any atom is 0.494 e. The number of carbonyl (C=O) groups is 1. The first-order valence-corrected chi connectivity index (χ1v) is 14.1. The van der Waals surface area contributed by atoms with Crippen LogP contribution in [0.15, 0.2) is 18.2 Å². The van der Waals surface area contributed by atoms with E-state index in [0.29, 0.717) is 24.0 Å². The minimum absolute atomic E-state index is 0.270. The number of hydrogen-bond donors (Lipinski definition) is 1. The van der Waals surface area contributed by atoms with Gasteiger partial charge in [-0.15, -0.1) is 0 Å². The van der Waals surface area contributed by atoms with Crippen molar-refractivity contribution in [1.82, 2.24) is 10.2 Å². The number of fused-ring (bicyclic) bond motifs is 4. The Hall–Kier alpha value is -1.45. The van der Waals surface area contributed by atoms with Crippen LogP contribution in [0.25, 0.3) is 0 Å². The summed E-state index contributed by atoms with van der Waals surface area (Å²) in [5, 5.41) is 3.47. The van der Waals surface area contributed by atoms with Crippen LogP contribution in [0.2, 0.25) is 0 Å². The van der Waals surface area contributed by atoms with Crippen molar-refractivity contribution in [3.8, 4) is 0 Å². The third-order valence-corrected chi connectivity index (χ3v) is 10.6. The number of piperidine rings is 1. The Bertz CT molecular complexity index is 1030. The average Bonchev–Trinajstić information content (AvgIpc) is 3.28. The summed E-state index contributed by atoms with van der Waals surface area (Å²) in [6.45, 7) is 11.9. The molecule has 1 spiro atoms. The van der Waals surface area contributed by atoms with Gasteiger partial charge in [0.25, 0.3) is 0 Å². The van der Waals surface area contributed by atoms with Gasteiger partial charge in [0.15, 0.2) is 0 Å². The van der Waals surface area contributed by atoms with Gasteiger partial charge in [0.05, 0.1) is 29.8 Å². The highest BCUT2D eigenvalue weighted by Crippen LogP contribution is 2.51. The van der Waals surface area contributed by atoms with Crippen molar-refractivity contribution in [3.63, 3.8) is 0 Å². The Morgan fingerprint density at radius 3 is 2.19 bits per heavy atom. The summed E-state index contributed by atoms with van der Waals surface area (Å²) in [7, 11) is -0.417. The highest BCUT2D eigenvalue weighted by Gasteiger charge is 2.57. The van der Waals surface area contributed by atoms with Crippen molar-refractivity contribution in [2.75, 3.05) is 31.2 Å². The van der Waals surface area contributed by atoms with Gasteiger partial charge in [-0.3, -0.25) is 9.69 Å². The molecule has 1 aromatic rings. The topological polar surface area (TPSA) is 63.3 Å². The molecule has 2 unspecified atom stereocenters. The second-order valence-corrected chi connectivity index (χ2v) is 13.0. The monoisotopic (exact) mass is 493 g/mol. The Morgan fingerprint density at radius 1 is 0.917 bits per heavy atom. The molecule has 2 atom stereocenters. The number of hydrogen-bond acceptors (Lipinski definition) is 6. The lowest BCUT2D eigenvalue weighted by Gasteiger charge is -2.50. The number of nitrogens with one attached hydrogen (secondary N) is 1. The van der Waals surface area contributed by atoms with Gasteiger partial charge in [-0.1, -0.05) is 12.1 Å². The van der Waals surface area contributed by atoms with E-state index in [9.17, 15) is 4.79 Å². The fourth-order valence-corrected chi connectivity index (χ4v) is 7.70. The molecule has 4 saturated heterocycles. The van der Waals surface area contributed by atoms with E-state index in [1.54, 1.807) is 0 Å². The van der Waals surface area contributed by atoms with Gasteiger partial charge < -0.3 is 24.3 Å². The van der Waals surface area contributed by atoms with E-state index >= 15 is 0 Å². The number of rotatable bonds is 3. The van der Waals surface area contributed by atoms with Crippen molar-refractivity contribution in [3.05, 3.63) is 23.8 Å². The Balaban J connectivity index is 1.19. The maximum atomic E-state index is 14.2. The fourth-order valence-electron chi connectivity index (χ4n) is 7.70. The highest BCUT2D eigenvalue weighted by molar-refractivity contribution is 6.62. The number of carbonyl (C=O) groups excluding carboxylic acids is 1. The first-order chi connectivity index (χ1) is 17.2. The first-order valence-electron chi connectivity index (χ1n) is 14.1. The summed E-state index contributed by atoms with van der Waals surface area (Å²) in [5.41, 5.74) is 2.16. The van der Waals surface area contributed by atoms with Crippen molar-refractivity contribution in [2.45, 2.75) is 107 Å². The second-order valence-electron chi connectivity index (χ2n) is 13.0. The van der Waals surface area contributed by atoms with Crippen LogP contribution in [0.1, 0.15) is 71.8 Å². The Labute approximate surface area is 215 Å². The maximum absolute atomic E-state index is 14.2. The third-order valence-electron chi connectivity index (χ3n) is 10.6. The van der Waals surface area contributed by atoms with Gasteiger partial charge >= 0.3 is 7.12 Å². The molecule has 5 heterocycles. The molecule has 1 N–H and O–H groups in total. The van der Waals surface area contributed by atoms with Crippen LogP contribution in [0.3, 0.4) is 0 Å². The standard InChI is InChI=1S/C28H40BN3O4/c1-26(2)27(3,4)36-29(35-26)18-5-8-23-24(13-18)32(25(33)28(23)9-11-30-12-10-28)22-14-21(15-22)31-19-6-7-20(31)17-34-16-19/h5,8,13,19-22,30H,6-7,9-12,14-17H2,1-4H3/t19?,20?,21-,22+. The predicted molar refractivity (Wildman–Crippen MR) is 140 cm³/mol. The zero-order chi connectivity index (χ0) is 24.9. The summed E-state index contributed by atoms with van der Waals surface area (Å²) in [4.78, 5) is 19.2. The van der Waals surface area contributed by atoms with Crippen LogP contribution in [0, 0.1) is 0 Å². The Morgan fingerprint density at radius 2 is 1.56 bits per heavy atom. The number of ether oxygens (including phenoxy) is 1. The SMILES string of the molecule is CC1(C)OB(c2ccc3c(c2)N([C@H]2C[C@@H](N4C5CCC4COC5)C2)C(=O)C32CCNCC2)OC1(C)C. The molecule has 0 radical (unpaired) electrons. The average molecular weight is 493 g/mol. The minimum Gasteiger partial charge on any atom is -0.399 e. The molecule has 1 aliphatic carbocycles. The molecular formula is C28H40BN3O4. The number of benzene rings is 1. The van der Waals surface area contributed by atoms with Crippen molar-refractivity contribution < 1.29 is 18.8 Å². The zero-order valence-electron chi connectivity index (χ0n) is 22.2. The summed E-state index contributed by atoms with van der Waals surface area (Å²) in [6.07, 6.45) is 6.38. The lowest BCUT2D eigenvalue weighted by Crippen LogP contribution is -2.61. The van der Waals surface area contributed by atoms with Crippen LogP contribution in [-0.2, 0) is 24.3 Å². The molecule has 6 aliphatic rings. The quantitative estimate of drug-likeness (QED) is 0.653. The van der Waals surface area contributed by atoms with Crippen LogP contribution < -0.4 is 15.7 Å². The Kier molecular flexibility index (Phi) is 5.28. The molecule has 2 bridgehead atoms. The molecule has 1 aromatic carbocycles. The minimum atomic E-state index is -0.417. The summed E-state index contributed by atoms with van der Waals surface area (Å²) in [6, 6.07) is 8.53. The summed E-state index contributed by atoms with van der Waals surface area (Å²) in [5.74, 6) is 0.318. The van der Waals surface area contributed by atoms with E-state index in [1.807, 2.05) is 0 Å². The second kappa shape index (κ2) is 8.03.